The summed E-state index contributed by atoms with van der Waals surface area (Å²) in [4.78, 5) is 1.13. The van der Waals surface area contributed by atoms with Gasteiger partial charge in [-0.05, 0) is 32.2 Å². The van der Waals surface area contributed by atoms with Gasteiger partial charge in [0.05, 0.1) is 6.04 Å². The predicted octanol–water partition coefficient (Wildman–Crippen LogP) is 2.46. The van der Waals surface area contributed by atoms with E-state index in [9.17, 15) is 8.42 Å². The summed E-state index contributed by atoms with van der Waals surface area (Å²) in [6.45, 7) is 5.30. The SMILES string of the molecule is Cc1oc(C)c(S(=O)(=O)NC(C)c2cccs2)c1CN. The van der Waals surface area contributed by atoms with Gasteiger partial charge in [0.2, 0.25) is 10.0 Å². The van der Waals surface area contributed by atoms with Gasteiger partial charge in [-0.1, -0.05) is 6.07 Å². The van der Waals surface area contributed by atoms with E-state index in [0.717, 1.165) is 4.88 Å². The van der Waals surface area contributed by atoms with Crippen LogP contribution in [0.2, 0.25) is 0 Å². The standard InChI is InChI=1S/C13H18N2O3S2/c1-8(12-5-4-6-19-12)15-20(16,17)13-10(3)18-9(2)11(13)7-14/h4-6,8,15H,7,14H2,1-3H3. The zero-order chi connectivity index (χ0) is 14.9. The summed E-state index contributed by atoms with van der Waals surface area (Å²) in [5.41, 5.74) is 6.17. The number of rotatable bonds is 5. The van der Waals surface area contributed by atoms with Gasteiger partial charge in [0.15, 0.2) is 0 Å². The molecule has 0 aliphatic rings. The summed E-state index contributed by atoms with van der Waals surface area (Å²) in [7, 11) is -3.66. The van der Waals surface area contributed by atoms with E-state index in [2.05, 4.69) is 4.72 Å². The number of nitrogens with one attached hydrogen (secondary N) is 1. The fraction of sp³-hybridized carbons (Fsp3) is 0.385. The molecule has 1 atom stereocenters. The van der Waals surface area contributed by atoms with Gasteiger partial charge in [-0.25, -0.2) is 13.1 Å². The van der Waals surface area contributed by atoms with Crippen molar-refractivity contribution in [3.63, 3.8) is 0 Å². The van der Waals surface area contributed by atoms with Gasteiger partial charge in [0, 0.05) is 17.0 Å². The summed E-state index contributed by atoms with van der Waals surface area (Å²) in [6.07, 6.45) is 0. The van der Waals surface area contributed by atoms with Crippen molar-refractivity contribution in [1.29, 1.82) is 0 Å². The molecule has 0 aliphatic carbocycles. The molecule has 0 saturated carbocycles. The van der Waals surface area contributed by atoms with E-state index in [0.29, 0.717) is 17.1 Å². The maximum atomic E-state index is 12.5. The Morgan fingerprint density at radius 2 is 2.10 bits per heavy atom. The van der Waals surface area contributed by atoms with Crippen LogP contribution in [0.5, 0.6) is 0 Å². The lowest BCUT2D eigenvalue weighted by Crippen LogP contribution is -2.27. The number of sulfonamides is 1. The first-order valence-corrected chi connectivity index (χ1v) is 8.57. The molecule has 2 aromatic rings. The highest BCUT2D eigenvalue weighted by Crippen LogP contribution is 2.28. The van der Waals surface area contributed by atoms with Crippen LogP contribution in [-0.2, 0) is 16.6 Å². The molecule has 0 radical (unpaired) electrons. The van der Waals surface area contributed by atoms with Crippen LogP contribution >= 0.6 is 11.3 Å². The van der Waals surface area contributed by atoms with E-state index in [4.69, 9.17) is 10.2 Å². The molecule has 2 rings (SSSR count). The van der Waals surface area contributed by atoms with Crippen LogP contribution < -0.4 is 10.5 Å². The molecule has 7 heteroatoms. The van der Waals surface area contributed by atoms with Crippen LogP contribution in [0.3, 0.4) is 0 Å². The highest BCUT2D eigenvalue weighted by Gasteiger charge is 2.27. The monoisotopic (exact) mass is 314 g/mol. The lowest BCUT2D eigenvalue weighted by Gasteiger charge is -2.13. The Bertz CT molecular complexity index is 688. The number of aryl methyl sites for hydroxylation is 2. The number of thiophene rings is 1. The number of hydrogen-bond donors (Lipinski definition) is 2. The molecular weight excluding hydrogens is 296 g/mol. The summed E-state index contributed by atoms with van der Waals surface area (Å²) >= 11 is 1.51. The summed E-state index contributed by atoms with van der Waals surface area (Å²) in [6, 6.07) is 3.50. The summed E-state index contributed by atoms with van der Waals surface area (Å²) in [5, 5.41) is 1.92. The average molecular weight is 314 g/mol. The van der Waals surface area contributed by atoms with E-state index >= 15 is 0 Å². The first-order valence-electron chi connectivity index (χ1n) is 6.21. The minimum absolute atomic E-state index is 0.132. The Hall–Kier alpha value is -1.15. The highest BCUT2D eigenvalue weighted by molar-refractivity contribution is 7.89. The number of hydrogen-bond acceptors (Lipinski definition) is 5. The smallest absolute Gasteiger partial charge is 0.244 e. The van der Waals surface area contributed by atoms with Crippen molar-refractivity contribution in [2.45, 2.75) is 38.3 Å². The van der Waals surface area contributed by atoms with Crippen LogP contribution in [0, 0.1) is 13.8 Å². The van der Waals surface area contributed by atoms with Gasteiger partial charge in [0.1, 0.15) is 16.4 Å². The fourth-order valence-corrected chi connectivity index (χ4v) is 4.68. The van der Waals surface area contributed by atoms with Crippen molar-refractivity contribution in [3.8, 4) is 0 Å². The Kier molecular flexibility index (Phi) is 4.33. The molecule has 0 amide bonds. The topological polar surface area (TPSA) is 85.3 Å². The molecular formula is C13H18N2O3S2. The van der Waals surface area contributed by atoms with Gasteiger partial charge in [-0.2, -0.15) is 0 Å². The molecule has 2 heterocycles. The zero-order valence-electron chi connectivity index (χ0n) is 11.6. The molecule has 0 fully saturated rings. The Balaban J connectivity index is 2.36. The van der Waals surface area contributed by atoms with Gasteiger partial charge < -0.3 is 10.2 Å². The molecule has 20 heavy (non-hydrogen) atoms. The average Bonchev–Trinajstić information content (AvgIpc) is 2.95. The second-order valence-corrected chi connectivity index (χ2v) is 7.21. The second kappa shape index (κ2) is 5.69. The Morgan fingerprint density at radius 1 is 1.40 bits per heavy atom. The van der Waals surface area contributed by atoms with Crippen LogP contribution in [0.4, 0.5) is 0 Å². The molecule has 0 aromatic carbocycles. The third kappa shape index (κ3) is 2.80. The maximum absolute atomic E-state index is 12.5. The van der Waals surface area contributed by atoms with Crippen molar-refractivity contribution in [2.75, 3.05) is 0 Å². The fourth-order valence-electron chi connectivity index (χ4n) is 2.19. The molecule has 3 N–H and O–H groups in total. The van der Waals surface area contributed by atoms with Crippen molar-refractivity contribution >= 4 is 21.4 Å². The highest BCUT2D eigenvalue weighted by atomic mass is 32.2. The van der Waals surface area contributed by atoms with E-state index in [1.165, 1.54) is 11.3 Å². The van der Waals surface area contributed by atoms with E-state index in [-0.39, 0.29) is 17.5 Å². The Morgan fingerprint density at radius 3 is 2.65 bits per heavy atom. The predicted molar refractivity (Wildman–Crippen MR) is 79.1 cm³/mol. The van der Waals surface area contributed by atoms with Crippen LogP contribution in [0.25, 0.3) is 0 Å². The van der Waals surface area contributed by atoms with Crippen molar-refractivity contribution < 1.29 is 12.8 Å². The normalized spacial score (nSPS) is 13.6. The summed E-state index contributed by atoms with van der Waals surface area (Å²) in [5.74, 6) is 0.919. The third-order valence-corrected chi connectivity index (χ3v) is 5.89. The van der Waals surface area contributed by atoms with Crippen molar-refractivity contribution in [2.24, 2.45) is 5.73 Å². The second-order valence-electron chi connectivity index (χ2n) is 4.58. The summed E-state index contributed by atoms with van der Waals surface area (Å²) < 4.78 is 33.1. The minimum atomic E-state index is -3.66. The minimum Gasteiger partial charge on any atom is -0.465 e. The number of nitrogens with two attached hydrogens (primary N) is 1. The molecule has 1 unspecified atom stereocenters. The lowest BCUT2D eigenvalue weighted by atomic mass is 10.2. The van der Waals surface area contributed by atoms with E-state index in [1.807, 2.05) is 24.4 Å². The largest absolute Gasteiger partial charge is 0.465 e. The molecule has 2 aromatic heterocycles. The van der Waals surface area contributed by atoms with Gasteiger partial charge in [0.25, 0.3) is 0 Å². The molecule has 5 nitrogen and oxygen atoms in total. The molecule has 0 bridgehead atoms. The van der Waals surface area contributed by atoms with Gasteiger partial charge in [-0.15, -0.1) is 11.3 Å². The zero-order valence-corrected chi connectivity index (χ0v) is 13.3. The van der Waals surface area contributed by atoms with Gasteiger partial charge in [-0.3, -0.25) is 0 Å². The number of furan rings is 1. The van der Waals surface area contributed by atoms with E-state index < -0.39 is 10.0 Å². The molecule has 110 valence electrons. The van der Waals surface area contributed by atoms with Crippen molar-refractivity contribution in [1.82, 2.24) is 4.72 Å². The molecule has 0 spiro atoms. The van der Waals surface area contributed by atoms with Crippen LogP contribution in [0.1, 0.15) is 34.9 Å². The first-order chi connectivity index (χ1) is 9.36. The van der Waals surface area contributed by atoms with Crippen LogP contribution in [0.15, 0.2) is 26.8 Å². The Labute approximate surface area is 122 Å². The maximum Gasteiger partial charge on any atom is 0.244 e. The van der Waals surface area contributed by atoms with Crippen molar-refractivity contribution in [3.05, 3.63) is 39.5 Å². The quantitative estimate of drug-likeness (QED) is 0.887. The lowest BCUT2D eigenvalue weighted by molar-refractivity contribution is 0.493. The third-order valence-electron chi connectivity index (χ3n) is 3.10. The van der Waals surface area contributed by atoms with E-state index in [1.54, 1.807) is 13.8 Å². The molecule has 0 saturated heterocycles. The van der Waals surface area contributed by atoms with Gasteiger partial charge >= 0.3 is 0 Å². The first kappa shape index (κ1) is 15.2. The molecule has 0 aliphatic heterocycles. The van der Waals surface area contributed by atoms with Crippen LogP contribution in [-0.4, -0.2) is 8.42 Å².